The van der Waals surface area contributed by atoms with Crippen LogP contribution in [0.4, 0.5) is 0 Å². The summed E-state index contributed by atoms with van der Waals surface area (Å²) in [6, 6.07) is 1.53. The minimum atomic E-state index is -0.535. The lowest BCUT2D eigenvalue weighted by molar-refractivity contribution is -0.115. The van der Waals surface area contributed by atoms with Crippen molar-refractivity contribution in [1.29, 1.82) is 5.26 Å². The molecule has 0 atom stereocenters. The molecule has 0 aliphatic carbocycles. The van der Waals surface area contributed by atoms with Crippen molar-refractivity contribution >= 4 is 5.91 Å². The molecular weight excluding hydrogens is 168 g/mol. The van der Waals surface area contributed by atoms with Gasteiger partial charge >= 0.3 is 5.91 Å². The average molecular weight is 182 g/mol. The number of nitrogens with zero attached hydrogens (tertiary/aromatic N) is 1. The molecule has 1 saturated heterocycles. The van der Waals surface area contributed by atoms with E-state index < -0.39 is 5.91 Å². The number of carbonyl (C=O) groups is 1. The zero-order valence-corrected chi connectivity index (χ0v) is 7.58. The Hall–Kier alpha value is -1.08. The number of rotatable bonds is 3. The summed E-state index contributed by atoms with van der Waals surface area (Å²) in [4.78, 5) is 10.6. The molecule has 0 spiro atoms. The Morgan fingerprint density at radius 2 is 2.23 bits per heavy atom. The Kier molecular flexibility index (Phi) is 4.27. The molecule has 4 nitrogen and oxygen atoms in total. The molecule has 0 aromatic carbocycles. The molecule has 1 heterocycles. The lowest BCUT2D eigenvalue weighted by atomic mass is 9.97. The van der Waals surface area contributed by atoms with E-state index in [9.17, 15) is 4.79 Å². The molecule has 0 aromatic heterocycles. The fourth-order valence-electron chi connectivity index (χ4n) is 1.46. The molecule has 13 heavy (non-hydrogen) atoms. The largest absolute Gasteiger partial charge is 0.381 e. The predicted octanol–water partition coefficient (Wildman–Crippen LogP) is 0.443. The van der Waals surface area contributed by atoms with Crippen molar-refractivity contribution in [3.8, 4) is 6.07 Å². The van der Waals surface area contributed by atoms with Crippen LogP contribution < -0.4 is 5.32 Å². The zero-order valence-electron chi connectivity index (χ0n) is 7.58. The molecular formula is C9H14N2O2. The van der Waals surface area contributed by atoms with Crippen LogP contribution in [0.25, 0.3) is 0 Å². The fraction of sp³-hybridized carbons (Fsp3) is 0.778. The SMILES string of the molecule is N#CC(=O)NCCC1CCOCC1. The van der Waals surface area contributed by atoms with E-state index in [0.717, 1.165) is 32.5 Å². The van der Waals surface area contributed by atoms with Crippen molar-refractivity contribution in [3.05, 3.63) is 0 Å². The van der Waals surface area contributed by atoms with Crippen LogP contribution in [0.5, 0.6) is 0 Å². The van der Waals surface area contributed by atoms with Gasteiger partial charge in [-0.2, -0.15) is 5.26 Å². The van der Waals surface area contributed by atoms with Crippen LogP contribution in [0.1, 0.15) is 19.3 Å². The Labute approximate surface area is 77.9 Å². The number of hydrogen-bond donors (Lipinski definition) is 1. The van der Waals surface area contributed by atoms with Gasteiger partial charge in [-0.05, 0) is 25.2 Å². The van der Waals surface area contributed by atoms with Crippen molar-refractivity contribution in [3.63, 3.8) is 0 Å². The molecule has 1 N–H and O–H groups in total. The highest BCUT2D eigenvalue weighted by Crippen LogP contribution is 2.17. The normalized spacial score (nSPS) is 17.8. The van der Waals surface area contributed by atoms with Crippen molar-refractivity contribution < 1.29 is 9.53 Å². The lowest BCUT2D eigenvalue weighted by Gasteiger charge is -2.21. The number of nitriles is 1. The third-order valence-electron chi connectivity index (χ3n) is 2.28. The molecule has 1 aliphatic heterocycles. The van der Waals surface area contributed by atoms with Crippen molar-refractivity contribution in [2.75, 3.05) is 19.8 Å². The maximum Gasteiger partial charge on any atom is 0.322 e. The van der Waals surface area contributed by atoms with Crippen LogP contribution in [0.3, 0.4) is 0 Å². The number of ether oxygens (including phenoxy) is 1. The van der Waals surface area contributed by atoms with Crippen LogP contribution in [0.15, 0.2) is 0 Å². The summed E-state index contributed by atoms with van der Waals surface area (Å²) in [5.74, 6) is 0.111. The molecule has 4 heteroatoms. The van der Waals surface area contributed by atoms with Gasteiger partial charge in [0.25, 0.3) is 0 Å². The minimum absolute atomic E-state index is 0.535. The first-order chi connectivity index (χ1) is 6.33. The second-order valence-corrected chi connectivity index (χ2v) is 3.21. The summed E-state index contributed by atoms with van der Waals surface area (Å²) in [6.07, 6.45) is 3.10. The highest BCUT2D eigenvalue weighted by Gasteiger charge is 2.13. The van der Waals surface area contributed by atoms with Crippen LogP contribution >= 0.6 is 0 Å². The van der Waals surface area contributed by atoms with Gasteiger partial charge < -0.3 is 10.1 Å². The Balaban J connectivity index is 2.05. The molecule has 0 radical (unpaired) electrons. The first-order valence-corrected chi connectivity index (χ1v) is 4.58. The van der Waals surface area contributed by atoms with Crippen molar-refractivity contribution in [2.45, 2.75) is 19.3 Å². The Morgan fingerprint density at radius 1 is 1.54 bits per heavy atom. The van der Waals surface area contributed by atoms with Crippen molar-refractivity contribution in [2.24, 2.45) is 5.92 Å². The van der Waals surface area contributed by atoms with Gasteiger partial charge in [-0.3, -0.25) is 4.79 Å². The number of carbonyl (C=O) groups excluding carboxylic acids is 1. The third kappa shape index (κ3) is 3.90. The molecule has 0 bridgehead atoms. The predicted molar refractivity (Wildman–Crippen MR) is 46.8 cm³/mol. The highest BCUT2D eigenvalue weighted by molar-refractivity contribution is 5.91. The number of nitrogens with one attached hydrogen (secondary N) is 1. The van der Waals surface area contributed by atoms with Crippen molar-refractivity contribution in [1.82, 2.24) is 5.32 Å². The van der Waals surface area contributed by atoms with Crippen LogP contribution in [0, 0.1) is 17.2 Å². The maximum absolute atomic E-state index is 10.6. The van der Waals surface area contributed by atoms with E-state index >= 15 is 0 Å². The Morgan fingerprint density at radius 3 is 2.85 bits per heavy atom. The first kappa shape index (κ1) is 10.0. The second-order valence-electron chi connectivity index (χ2n) is 3.21. The smallest absolute Gasteiger partial charge is 0.322 e. The third-order valence-corrected chi connectivity index (χ3v) is 2.28. The molecule has 1 rings (SSSR count). The molecule has 72 valence electrons. The second kappa shape index (κ2) is 5.55. The van der Waals surface area contributed by atoms with Crippen LogP contribution in [-0.4, -0.2) is 25.7 Å². The molecule has 0 unspecified atom stereocenters. The number of amides is 1. The zero-order chi connectivity index (χ0) is 9.52. The Bertz CT molecular complexity index is 204. The topological polar surface area (TPSA) is 62.1 Å². The van der Waals surface area contributed by atoms with Gasteiger partial charge in [0.15, 0.2) is 6.07 Å². The number of hydrogen-bond acceptors (Lipinski definition) is 3. The van der Waals surface area contributed by atoms with Gasteiger partial charge in [0.1, 0.15) is 0 Å². The quantitative estimate of drug-likeness (QED) is 0.644. The lowest BCUT2D eigenvalue weighted by Crippen LogP contribution is -2.26. The van der Waals surface area contributed by atoms with Crippen LogP contribution in [0.2, 0.25) is 0 Å². The van der Waals surface area contributed by atoms with Gasteiger partial charge in [-0.25, -0.2) is 0 Å². The fourth-order valence-corrected chi connectivity index (χ4v) is 1.46. The van der Waals surface area contributed by atoms with E-state index in [1.54, 1.807) is 0 Å². The monoisotopic (exact) mass is 182 g/mol. The van der Waals surface area contributed by atoms with Gasteiger partial charge in [-0.1, -0.05) is 0 Å². The first-order valence-electron chi connectivity index (χ1n) is 4.58. The van der Waals surface area contributed by atoms with E-state index in [4.69, 9.17) is 10.00 Å². The standard InChI is InChI=1S/C9H14N2O2/c10-7-9(12)11-4-1-8-2-5-13-6-3-8/h8H,1-6H2,(H,11,12). The van der Waals surface area contributed by atoms with E-state index in [-0.39, 0.29) is 0 Å². The minimum Gasteiger partial charge on any atom is -0.381 e. The summed E-state index contributed by atoms with van der Waals surface area (Å²) >= 11 is 0. The van der Waals surface area contributed by atoms with Gasteiger partial charge in [0, 0.05) is 19.8 Å². The average Bonchev–Trinajstić information content (AvgIpc) is 2.19. The summed E-state index contributed by atoms with van der Waals surface area (Å²) in [7, 11) is 0. The van der Waals surface area contributed by atoms with Gasteiger partial charge in [0.05, 0.1) is 0 Å². The van der Waals surface area contributed by atoms with Crippen LogP contribution in [-0.2, 0) is 9.53 Å². The maximum atomic E-state index is 10.6. The summed E-state index contributed by atoms with van der Waals surface area (Å²) in [5.41, 5.74) is 0. The van der Waals surface area contributed by atoms with E-state index in [1.165, 1.54) is 6.07 Å². The molecule has 1 amide bonds. The van der Waals surface area contributed by atoms with Gasteiger partial charge in [-0.15, -0.1) is 0 Å². The summed E-state index contributed by atoms with van der Waals surface area (Å²) in [6.45, 7) is 2.27. The van der Waals surface area contributed by atoms with E-state index in [1.807, 2.05) is 0 Å². The molecule has 1 aliphatic rings. The van der Waals surface area contributed by atoms with E-state index in [2.05, 4.69) is 5.32 Å². The highest BCUT2D eigenvalue weighted by atomic mass is 16.5. The molecule has 0 aromatic rings. The van der Waals surface area contributed by atoms with E-state index in [0.29, 0.717) is 12.5 Å². The summed E-state index contributed by atoms with van der Waals surface area (Å²) < 4.78 is 5.21. The van der Waals surface area contributed by atoms with Gasteiger partial charge in [0.2, 0.25) is 0 Å². The summed E-state index contributed by atoms with van der Waals surface area (Å²) in [5, 5.41) is 10.7. The molecule has 1 fully saturated rings. The molecule has 0 saturated carbocycles.